The second-order valence-electron chi connectivity index (χ2n) is 4.41. The zero-order valence-electron chi connectivity index (χ0n) is 10.4. The summed E-state index contributed by atoms with van der Waals surface area (Å²) in [6.07, 6.45) is 0. The molecule has 0 saturated heterocycles. The molecular formula is C15H15BrFN. The minimum atomic E-state index is -0.237. The molecule has 1 nitrogen and oxygen atoms in total. The molecule has 0 fully saturated rings. The third-order valence-electron chi connectivity index (χ3n) is 2.90. The molecule has 0 amide bonds. The quantitative estimate of drug-likeness (QED) is 0.857. The summed E-state index contributed by atoms with van der Waals surface area (Å²) in [6.45, 7) is 4.92. The van der Waals surface area contributed by atoms with Gasteiger partial charge in [0.15, 0.2) is 0 Å². The number of anilines is 1. The third kappa shape index (κ3) is 3.10. The molecule has 0 atom stereocenters. The first-order valence-corrected chi connectivity index (χ1v) is 6.60. The number of nitrogens with one attached hydrogen (secondary N) is 1. The molecule has 2 aromatic rings. The van der Waals surface area contributed by atoms with E-state index in [1.54, 1.807) is 6.07 Å². The lowest BCUT2D eigenvalue weighted by Crippen LogP contribution is -2.02. The van der Waals surface area contributed by atoms with Crippen molar-refractivity contribution >= 4 is 21.6 Å². The van der Waals surface area contributed by atoms with E-state index in [1.807, 2.05) is 0 Å². The molecule has 94 valence electrons. The molecule has 0 saturated carbocycles. The van der Waals surface area contributed by atoms with Gasteiger partial charge in [-0.25, -0.2) is 4.39 Å². The molecule has 0 heterocycles. The van der Waals surface area contributed by atoms with Gasteiger partial charge in [-0.05, 0) is 59.1 Å². The lowest BCUT2D eigenvalue weighted by Gasteiger charge is -2.11. The van der Waals surface area contributed by atoms with Crippen LogP contribution in [0.5, 0.6) is 0 Å². The molecule has 3 heteroatoms. The zero-order valence-corrected chi connectivity index (χ0v) is 12.0. The van der Waals surface area contributed by atoms with Crippen molar-refractivity contribution in [3.05, 3.63) is 63.4 Å². The normalized spacial score (nSPS) is 10.4. The standard InChI is InChI=1S/C15H15BrFN/c1-10-3-4-12(11(2)7-10)9-18-15-6-5-13(17)8-14(15)16/h3-8,18H,9H2,1-2H3. The third-order valence-corrected chi connectivity index (χ3v) is 3.55. The smallest absolute Gasteiger partial charge is 0.124 e. The van der Waals surface area contributed by atoms with Crippen molar-refractivity contribution in [1.82, 2.24) is 0 Å². The molecule has 0 aromatic heterocycles. The summed E-state index contributed by atoms with van der Waals surface area (Å²) >= 11 is 3.35. The van der Waals surface area contributed by atoms with Gasteiger partial charge in [0.1, 0.15) is 5.82 Å². The second kappa shape index (κ2) is 5.53. The molecule has 0 spiro atoms. The van der Waals surface area contributed by atoms with Gasteiger partial charge in [0.2, 0.25) is 0 Å². The highest BCUT2D eigenvalue weighted by Gasteiger charge is 2.03. The number of benzene rings is 2. The van der Waals surface area contributed by atoms with E-state index < -0.39 is 0 Å². The molecule has 1 N–H and O–H groups in total. The topological polar surface area (TPSA) is 12.0 Å². The Morgan fingerprint density at radius 2 is 1.89 bits per heavy atom. The van der Waals surface area contributed by atoms with Gasteiger partial charge >= 0.3 is 0 Å². The summed E-state index contributed by atoms with van der Waals surface area (Å²) in [6, 6.07) is 11.0. The zero-order chi connectivity index (χ0) is 13.1. The van der Waals surface area contributed by atoms with Crippen molar-refractivity contribution in [2.45, 2.75) is 20.4 Å². The molecule has 2 rings (SSSR count). The van der Waals surface area contributed by atoms with E-state index >= 15 is 0 Å². The lowest BCUT2D eigenvalue weighted by molar-refractivity contribution is 0.627. The Bertz CT molecular complexity index is 515. The highest BCUT2D eigenvalue weighted by atomic mass is 79.9. The fraction of sp³-hybridized carbons (Fsp3) is 0.200. The molecular weight excluding hydrogens is 293 g/mol. The largest absolute Gasteiger partial charge is 0.380 e. The minimum Gasteiger partial charge on any atom is -0.380 e. The van der Waals surface area contributed by atoms with Gasteiger partial charge in [0.05, 0.1) is 0 Å². The van der Waals surface area contributed by atoms with Crippen LogP contribution in [0.15, 0.2) is 40.9 Å². The average molecular weight is 308 g/mol. The monoisotopic (exact) mass is 307 g/mol. The van der Waals surface area contributed by atoms with Crippen LogP contribution in [0.3, 0.4) is 0 Å². The van der Waals surface area contributed by atoms with Gasteiger partial charge in [-0.15, -0.1) is 0 Å². The van der Waals surface area contributed by atoms with E-state index in [0.29, 0.717) is 0 Å². The highest BCUT2D eigenvalue weighted by Crippen LogP contribution is 2.24. The van der Waals surface area contributed by atoms with Crippen LogP contribution in [0.4, 0.5) is 10.1 Å². The Labute approximate surface area is 115 Å². The molecule has 2 aromatic carbocycles. The molecule has 0 radical (unpaired) electrons. The summed E-state index contributed by atoms with van der Waals surface area (Å²) in [7, 11) is 0. The van der Waals surface area contributed by atoms with E-state index in [0.717, 1.165) is 16.7 Å². The van der Waals surface area contributed by atoms with Crippen LogP contribution in [0, 0.1) is 19.7 Å². The van der Waals surface area contributed by atoms with Crippen LogP contribution < -0.4 is 5.32 Å². The van der Waals surface area contributed by atoms with E-state index in [9.17, 15) is 4.39 Å². The Kier molecular flexibility index (Phi) is 4.02. The first-order chi connectivity index (χ1) is 8.56. The number of halogens is 2. The fourth-order valence-corrected chi connectivity index (χ4v) is 2.36. The van der Waals surface area contributed by atoms with Crippen LogP contribution in [0.2, 0.25) is 0 Å². The maximum atomic E-state index is 13.0. The van der Waals surface area contributed by atoms with Crippen molar-refractivity contribution in [1.29, 1.82) is 0 Å². The van der Waals surface area contributed by atoms with Gasteiger partial charge in [0, 0.05) is 16.7 Å². The van der Waals surface area contributed by atoms with Crippen molar-refractivity contribution < 1.29 is 4.39 Å². The summed E-state index contributed by atoms with van der Waals surface area (Å²) in [5.74, 6) is -0.237. The van der Waals surface area contributed by atoms with E-state index in [-0.39, 0.29) is 5.82 Å². The Hall–Kier alpha value is -1.35. The minimum absolute atomic E-state index is 0.237. The molecule has 0 bridgehead atoms. The predicted molar refractivity (Wildman–Crippen MR) is 77.3 cm³/mol. The van der Waals surface area contributed by atoms with Crippen molar-refractivity contribution in [3.63, 3.8) is 0 Å². The van der Waals surface area contributed by atoms with Crippen molar-refractivity contribution in [3.8, 4) is 0 Å². The summed E-state index contributed by atoms with van der Waals surface area (Å²) < 4.78 is 13.7. The lowest BCUT2D eigenvalue weighted by atomic mass is 10.1. The van der Waals surface area contributed by atoms with Crippen LogP contribution in [0.1, 0.15) is 16.7 Å². The number of rotatable bonds is 3. The van der Waals surface area contributed by atoms with E-state index in [2.05, 4.69) is 53.3 Å². The van der Waals surface area contributed by atoms with Crippen LogP contribution in [-0.2, 0) is 6.54 Å². The molecule has 18 heavy (non-hydrogen) atoms. The highest BCUT2D eigenvalue weighted by molar-refractivity contribution is 9.10. The maximum Gasteiger partial charge on any atom is 0.124 e. The van der Waals surface area contributed by atoms with Crippen LogP contribution in [-0.4, -0.2) is 0 Å². The van der Waals surface area contributed by atoms with Crippen molar-refractivity contribution in [2.24, 2.45) is 0 Å². The Morgan fingerprint density at radius 1 is 1.11 bits per heavy atom. The van der Waals surface area contributed by atoms with Gasteiger partial charge in [-0.3, -0.25) is 0 Å². The molecule has 0 aliphatic carbocycles. The maximum absolute atomic E-state index is 13.0. The molecule has 0 unspecified atom stereocenters. The van der Waals surface area contributed by atoms with Gasteiger partial charge < -0.3 is 5.32 Å². The Morgan fingerprint density at radius 3 is 2.56 bits per heavy atom. The molecule has 0 aliphatic heterocycles. The summed E-state index contributed by atoms with van der Waals surface area (Å²) in [5, 5.41) is 3.30. The Balaban J connectivity index is 2.11. The van der Waals surface area contributed by atoms with Gasteiger partial charge in [0.25, 0.3) is 0 Å². The second-order valence-corrected chi connectivity index (χ2v) is 5.26. The fourth-order valence-electron chi connectivity index (χ4n) is 1.87. The van der Waals surface area contributed by atoms with Gasteiger partial charge in [-0.1, -0.05) is 23.8 Å². The number of hydrogen-bond acceptors (Lipinski definition) is 1. The first-order valence-electron chi connectivity index (χ1n) is 5.81. The SMILES string of the molecule is Cc1ccc(CNc2ccc(F)cc2Br)c(C)c1. The van der Waals surface area contributed by atoms with E-state index in [1.165, 1.54) is 28.8 Å². The van der Waals surface area contributed by atoms with Crippen LogP contribution >= 0.6 is 15.9 Å². The first kappa shape index (κ1) is 13.1. The summed E-state index contributed by atoms with van der Waals surface area (Å²) in [4.78, 5) is 0. The number of aryl methyl sites for hydroxylation is 2. The predicted octanol–water partition coefficient (Wildman–Crippen LogP) is 4.82. The van der Waals surface area contributed by atoms with Gasteiger partial charge in [-0.2, -0.15) is 0 Å². The van der Waals surface area contributed by atoms with Crippen molar-refractivity contribution in [2.75, 3.05) is 5.32 Å². The van der Waals surface area contributed by atoms with E-state index in [4.69, 9.17) is 0 Å². The molecule has 0 aliphatic rings. The average Bonchev–Trinajstić information content (AvgIpc) is 2.30. The number of hydrogen-bond donors (Lipinski definition) is 1. The summed E-state index contributed by atoms with van der Waals surface area (Å²) in [5.41, 5.74) is 4.67. The van der Waals surface area contributed by atoms with Crippen LogP contribution in [0.25, 0.3) is 0 Å².